The monoisotopic (exact) mass is 206 g/mol. The molecule has 0 unspecified atom stereocenters. The Hall–Kier alpha value is -0.950. The van der Waals surface area contributed by atoms with Crippen molar-refractivity contribution in [1.82, 2.24) is 0 Å². The zero-order valence-electron chi connectivity index (χ0n) is 6.66. The standard InChI is InChI=1S/C7H8O.H2O4S/c8-6-7-4-2-1-3-5-7;1-5(2,3)4/h1-5,8H,6H2;(H2,1,2,3,4). The molecule has 3 N–H and O–H groups in total. The SMILES string of the molecule is O=S(=O)(O)O.OCc1ccccc1. The lowest BCUT2D eigenvalue weighted by Gasteiger charge is -1.89. The van der Waals surface area contributed by atoms with Gasteiger partial charge in [-0.05, 0) is 5.56 Å². The molecular formula is C7H10O5S. The van der Waals surface area contributed by atoms with Gasteiger partial charge in [0.2, 0.25) is 0 Å². The maximum absolute atomic E-state index is 8.74. The molecule has 0 radical (unpaired) electrons. The second-order valence-electron chi connectivity index (χ2n) is 2.09. The molecular weight excluding hydrogens is 196 g/mol. The molecule has 0 saturated heterocycles. The molecule has 6 heteroatoms. The quantitative estimate of drug-likeness (QED) is 0.582. The normalized spacial score (nSPS) is 10.1. The van der Waals surface area contributed by atoms with Gasteiger partial charge in [0.25, 0.3) is 0 Å². The van der Waals surface area contributed by atoms with Crippen molar-refractivity contribution in [2.75, 3.05) is 0 Å². The van der Waals surface area contributed by atoms with Crippen LogP contribution in [0.1, 0.15) is 5.56 Å². The minimum Gasteiger partial charge on any atom is -0.392 e. The average Bonchev–Trinajstić information content (AvgIpc) is 2.03. The first-order valence-corrected chi connectivity index (χ1v) is 4.68. The lowest BCUT2D eigenvalue weighted by Crippen LogP contribution is -1.89. The summed E-state index contributed by atoms with van der Waals surface area (Å²) in [4.78, 5) is 0. The number of hydrogen-bond acceptors (Lipinski definition) is 3. The van der Waals surface area contributed by atoms with Gasteiger partial charge in [0.15, 0.2) is 0 Å². The highest BCUT2D eigenvalue weighted by molar-refractivity contribution is 7.79. The summed E-state index contributed by atoms with van der Waals surface area (Å²) in [5.41, 5.74) is 0.965. The van der Waals surface area contributed by atoms with Crippen molar-refractivity contribution >= 4 is 10.4 Å². The molecule has 0 spiro atoms. The van der Waals surface area contributed by atoms with Gasteiger partial charge in [-0.15, -0.1) is 0 Å². The summed E-state index contributed by atoms with van der Waals surface area (Å²) < 4.78 is 31.6. The highest BCUT2D eigenvalue weighted by Crippen LogP contribution is 1.95. The van der Waals surface area contributed by atoms with Crippen LogP contribution in [0, 0.1) is 0 Å². The number of aliphatic hydroxyl groups excluding tert-OH is 1. The van der Waals surface area contributed by atoms with E-state index in [9.17, 15) is 0 Å². The van der Waals surface area contributed by atoms with Crippen molar-refractivity contribution in [2.24, 2.45) is 0 Å². The Morgan fingerprint density at radius 2 is 1.46 bits per heavy atom. The molecule has 0 atom stereocenters. The zero-order valence-corrected chi connectivity index (χ0v) is 7.48. The van der Waals surface area contributed by atoms with E-state index < -0.39 is 10.4 Å². The Kier molecular flexibility index (Phi) is 5.24. The van der Waals surface area contributed by atoms with E-state index in [4.69, 9.17) is 22.6 Å². The molecule has 0 saturated carbocycles. The third kappa shape index (κ3) is 11.0. The maximum Gasteiger partial charge on any atom is 0.394 e. The highest BCUT2D eigenvalue weighted by atomic mass is 32.3. The van der Waals surface area contributed by atoms with E-state index in [1.807, 2.05) is 30.3 Å². The zero-order chi connectivity index (χ0) is 10.3. The van der Waals surface area contributed by atoms with Gasteiger partial charge in [0.05, 0.1) is 6.61 Å². The summed E-state index contributed by atoms with van der Waals surface area (Å²) >= 11 is 0. The Labute approximate surface area is 76.2 Å². The first-order valence-electron chi connectivity index (χ1n) is 3.28. The van der Waals surface area contributed by atoms with Crippen LogP contribution in [0.25, 0.3) is 0 Å². The van der Waals surface area contributed by atoms with E-state index in [-0.39, 0.29) is 6.61 Å². The van der Waals surface area contributed by atoms with E-state index in [1.54, 1.807) is 0 Å². The number of hydrogen-bond donors (Lipinski definition) is 3. The third-order valence-corrected chi connectivity index (χ3v) is 1.03. The molecule has 0 amide bonds. The van der Waals surface area contributed by atoms with E-state index in [1.165, 1.54) is 0 Å². The summed E-state index contributed by atoms with van der Waals surface area (Å²) in [6.45, 7) is 0.140. The van der Waals surface area contributed by atoms with E-state index in [0.29, 0.717) is 0 Å². The molecule has 0 bridgehead atoms. The first kappa shape index (κ1) is 12.0. The van der Waals surface area contributed by atoms with E-state index >= 15 is 0 Å². The van der Waals surface area contributed by atoms with Gasteiger partial charge >= 0.3 is 10.4 Å². The molecule has 0 aliphatic rings. The van der Waals surface area contributed by atoms with Gasteiger partial charge in [-0.3, -0.25) is 9.11 Å². The molecule has 0 aliphatic carbocycles. The van der Waals surface area contributed by atoms with E-state index in [2.05, 4.69) is 0 Å². The van der Waals surface area contributed by atoms with Crippen LogP contribution in [-0.4, -0.2) is 22.6 Å². The summed E-state index contributed by atoms with van der Waals surface area (Å²) in [6, 6.07) is 9.52. The Bertz CT molecular complexity index is 310. The van der Waals surface area contributed by atoms with Crippen molar-refractivity contribution in [3.8, 4) is 0 Å². The summed E-state index contributed by atoms with van der Waals surface area (Å²) in [7, 11) is -4.67. The van der Waals surface area contributed by atoms with Gasteiger partial charge in [-0.25, -0.2) is 0 Å². The second-order valence-corrected chi connectivity index (χ2v) is 2.99. The van der Waals surface area contributed by atoms with Crippen molar-refractivity contribution in [2.45, 2.75) is 6.61 Å². The van der Waals surface area contributed by atoms with Crippen molar-refractivity contribution < 1.29 is 22.6 Å². The largest absolute Gasteiger partial charge is 0.394 e. The fourth-order valence-electron chi connectivity index (χ4n) is 0.583. The predicted octanol–water partition coefficient (Wildman–Crippen LogP) is 0.526. The second kappa shape index (κ2) is 5.65. The van der Waals surface area contributed by atoms with Crippen molar-refractivity contribution in [1.29, 1.82) is 0 Å². The van der Waals surface area contributed by atoms with Crippen LogP contribution in [0.5, 0.6) is 0 Å². The molecule has 0 aromatic heterocycles. The minimum absolute atomic E-state index is 0.140. The van der Waals surface area contributed by atoms with Crippen LogP contribution in [0.2, 0.25) is 0 Å². The highest BCUT2D eigenvalue weighted by Gasteiger charge is 1.84. The molecule has 74 valence electrons. The predicted molar refractivity (Wildman–Crippen MR) is 46.5 cm³/mol. The number of rotatable bonds is 1. The lowest BCUT2D eigenvalue weighted by atomic mass is 10.2. The van der Waals surface area contributed by atoms with Crippen molar-refractivity contribution in [3.05, 3.63) is 35.9 Å². The Morgan fingerprint density at radius 1 is 1.08 bits per heavy atom. The molecule has 1 rings (SSSR count). The molecule has 5 nitrogen and oxygen atoms in total. The van der Waals surface area contributed by atoms with Crippen LogP contribution in [-0.2, 0) is 17.0 Å². The molecule has 13 heavy (non-hydrogen) atoms. The van der Waals surface area contributed by atoms with Crippen LogP contribution in [0.3, 0.4) is 0 Å². The van der Waals surface area contributed by atoms with Gasteiger partial charge in [-0.1, -0.05) is 30.3 Å². The number of aliphatic hydroxyl groups is 1. The van der Waals surface area contributed by atoms with E-state index in [0.717, 1.165) is 5.56 Å². The van der Waals surface area contributed by atoms with Crippen LogP contribution in [0.15, 0.2) is 30.3 Å². The van der Waals surface area contributed by atoms with Crippen LogP contribution < -0.4 is 0 Å². The van der Waals surface area contributed by atoms with Gasteiger partial charge in [-0.2, -0.15) is 8.42 Å². The summed E-state index contributed by atoms with van der Waals surface area (Å²) in [5, 5.41) is 8.54. The fraction of sp³-hybridized carbons (Fsp3) is 0.143. The Balaban J connectivity index is 0.000000252. The van der Waals surface area contributed by atoms with Gasteiger partial charge in [0.1, 0.15) is 0 Å². The molecule has 0 fully saturated rings. The third-order valence-electron chi connectivity index (χ3n) is 1.03. The van der Waals surface area contributed by atoms with Crippen molar-refractivity contribution in [3.63, 3.8) is 0 Å². The topological polar surface area (TPSA) is 94.8 Å². The van der Waals surface area contributed by atoms with Gasteiger partial charge < -0.3 is 5.11 Å². The number of benzene rings is 1. The minimum atomic E-state index is -4.67. The molecule has 0 aliphatic heterocycles. The summed E-state index contributed by atoms with van der Waals surface area (Å²) in [6.07, 6.45) is 0. The molecule has 1 aromatic rings. The first-order chi connectivity index (χ1) is 5.93. The van der Waals surface area contributed by atoms with Gasteiger partial charge in [0, 0.05) is 0 Å². The molecule has 0 heterocycles. The summed E-state index contributed by atoms with van der Waals surface area (Å²) in [5.74, 6) is 0. The fourth-order valence-corrected chi connectivity index (χ4v) is 0.583. The maximum atomic E-state index is 8.74. The Morgan fingerprint density at radius 3 is 1.69 bits per heavy atom. The molecule has 1 aromatic carbocycles. The van der Waals surface area contributed by atoms with Crippen LogP contribution >= 0.6 is 0 Å². The average molecular weight is 206 g/mol. The van der Waals surface area contributed by atoms with Crippen LogP contribution in [0.4, 0.5) is 0 Å². The lowest BCUT2D eigenvalue weighted by molar-refractivity contribution is 0.282. The smallest absolute Gasteiger partial charge is 0.392 e.